The van der Waals surface area contributed by atoms with E-state index in [4.69, 9.17) is 11.6 Å². The smallest absolute Gasteiger partial charge is 0.129 e. The highest BCUT2D eigenvalue weighted by Crippen LogP contribution is 2.31. The molecule has 1 heterocycles. The predicted molar refractivity (Wildman–Crippen MR) is 70.3 cm³/mol. The molecule has 3 nitrogen and oxygen atoms in total. The van der Waals surface area contributed by atoms with Crippen molar-refractivity contribution in [1.29, 1.82) is 0 Å². The lowest BCUT2D eigenvalue weighted by Gasteiger charge is -2.39. The fourth-order valence-corrected chi connectivity index (χ4v) is 2.80. The third kappa shape index (κ3) is 2.67. The van der Waals surface area contributed by atoms with Crippen LogP contribution in [0.25, 0.3) is 0 Å². The molecule has 18 heavy (non-hydrogen) atoms. The van der Waals surface area contributed by atoms with Crippen LogP contribution >= 0.6 is 11.6 Å². The number of halogens is 2. The molecule has 2 rings (SSSR count). The van der Waals surface area contributed by atoms with Crippen molar-refractivity contribution in [2.75, 3.05) is 26.2 Å². The van der Waals surface area contributed by atoms with Crippen molar-refractivity contribution in [3.63, 3.8) is 0 Å². The summed E-state index contributed by atoms with van der Waals surface area (Å²) in [6, 6.07) is 4.49. The fourth-order valence-electron chi connectivity index (χ4n) is 2.51. The van der Waals surface area contributed by atoms with Crippen molar-refractivity contribution < 1.29 is 9.50 Å². The van der Waals surface area contributed by atoms with Gasteiger partial charge in [-0.15, -0.1) is 0 Å². The summed E-state index contributed by atoms with van der Waals surface area (Å²) in [5.74, 6) is -0.354. The molecule has 1 saturated heterocycles. The maximum Gasteiger partial charge on any atom is 0.129 e. The zero-order valence-electron chi connectivity index (χ0n) is 10.4. The van der Waals surface area contributed by atoms with Gasteiger partial charge in [-0.05, 0) is 19.1 Å². The first kappa shape index (κ1) is 13.7. The van der Waals surface area contributed by atoms with Crippen LogP contribution in [0.5, 0.6) is 0 Å². The summed E-state index contributed by atoms with van der Waals surface area (Å²) in [6.07, 6.45) is 0. The molecule has 1 aliphatic rings. The number of piperazine rings is 1. The highest BCUT2D eigenvalue weighted by molar-refractivity contribution is 6.31. The molecule has 0 amide bonds. The maximum atomic E-state index is 13.9. The van der Waals surface area contributed by atoms with Crippen LogP contribution in [0.4, 0.5) is 4.39 Å². The number of hydrogen-bond acceptors (Lipinski definition) is 3. The minimum Gasteiger partial charge on any atom is -0.394 e. The molecule has 0 saturated carbocycles. The van der Waals surface area contributed by atoms with Crippen molar-refractivity contribution in [3.8, 4) is 0 Å². The van der Waals surface area contributed by atoms with Gasteiger partial charge < -0.3 is 10.4 Å². The molecule has 2 N–H and O–H groups in total. The monoisotopic (exact) mass is 272 g/mol. The van der Waals surface area contributed by atoms with Gasteiger partial charge in [-0.25, -0.2) is 4.39 Å². The van der Waals surface area contributed by atoms with Gasteiger partial charge in [-0.2, -0.15) is 0 Å². The summed E-state index contributed by atoms with van der Waals surface area (Å²) in [7, 11) is 0. The number of hydrogen-bond donors (Lipinski definition) is 2. The zero-order chi connectivity index (χ0) is 13.1. The molecule has 1 fully saturated rings. The molecule has 0 radical (unpaired) electrons. The van der Waals surface area contributed by atoms with Gasteiger partial charge in [0.25, 0.3) is 0 Å². The van der Waals surface area contributed by atoms with E-state index in [0.29, 0.717) is 10.6 Å². The Labute approximate surface area is 112 Å². The Balaban J connectivity index is 2.32. The largest absolute Gasteiger partial charge is 0.394 e. The van der Waals surface area contributed by atoms with Crippen LogP contribution in [-0.2, 0) is 0 Å². The lowest BCUT2D eigenvalue weighted by atomic mass is 10.0. The highest BCUT2D eigenvalue weighted by Gasteiger charge is 2.29. The molecule has 1 aromatic rings. The van der Waals surface area contributed by atoms with E-state index in [9.17, 15) is 9.50 Å². The van der Waals surface area contributed by atoms with E-state index in [-0.39, 0.29) is 24.5 Å². The second-order valence-electron chi connectivity index (χ2n) is 4.62. The Bertz CT molecular complexity index is 396. The van der Waals surface area contributed by atoms with E-state index in [1.54, 1.807) is 12.1 Å². The van der Waals surface area contributed by atoms with E-state index in [2.05, 4.69) is 17.1 Å². The topological polar surface area (TPSA) is 35.5 Å². The van der Waals surface area contributed by atoms with E-state index in [0.717, 1.165) is 19.6 Å². The first-order chi connectivity index (χ1) is 8.65. The quantitative estimate of drug-likeness (QED) is 0.881. The average Bonchev–Trinajstić information content (AvgIpc) is 2.35. The molecule has 2 unspecified atom stereocenters. The first-order valence-electron chi connectivity index (χ1n) is 6.16. The molecule has 0 spiro atoms. The normalized spacial score (nSPS) is 23.0. The van der Waals surface area contributed by atoms with Gasteiger partial charge in [0, 0.05) is 36.3 Å². The minimum absolute atomic E-state index is 0.134. The molecule has 0 aliphatic carbocycles. The van der Waals surface area contributed by atoms with Crippen molar-refractivity contribution >= 4 is 11.6 Å². The lowest BCUT2D eigenvalue weighted by molar-refractivity contribution is 0.0704. The van der Waals surface area contributed by atoms with Gasteiger partial charge in [0.2, 0.25) is 0 Å². The summed E-state index contributed by atoms with van der Waals surface area (Å²) >= 11 is 6.08. The Morgan fingerprint density at radius 3 is 3.00 bits per heavy atom. The number of rotatable bonds is 3. The summed E-state index contributed by atoms with van der Waals surface area (Å²) in [4.78, 5) is 2.10. The summed E-state index contributed by atoms with van der Waals surface area (Å²) < 4.78 is 13.9. The summed E-state index contributed by atoms with van der Waals surface area (Å²) in [6.45, 7) is 4.38. The number of nitrogens with zero attached hydrogens (tertiary/aromatic N) is 1. The van der Waals surface area contributed by atoms with Gasteiger partial charge in [0.05, 0.1) is 12.6 Å². The lowest BCUT2D eigenvalue weighted by Crippen LogP contribution is -2.51. The second-order valence-corrected chi connectivity index (χ2v) is 5.03. The van der Waals surface area contributed by atoms with Crippen LogP contribution in [0.1, 0.15) is 18.5 Å². The fraction of sp³-hybridized carbons (Fsp3) is 0.538. The van der Waals surface area contributed by atoms with Crippen LogP contribution < -0.4 is 5.32 Å². The van der Waals surface area contributed by atoms with Crippen LogP contribution in [0.3, 0.4) is 0 Å². The van der Waals surface area contributed by atoms with Crippen LogP contribution in [0.2, 0.25) is 5.02 Å². The minimum atomic E-state index is -0.379. The second kappa shape index (κ2) is 5.97. The van der Waals surface area contributed by atoms with Gasteiger partial charge >= 0.3 is 0 Å². The van der Waals surface area contributed by atoms with Gasteiger partial charge in [-0.3, -0.25) is 4.90 Å². The van der Waals surface area contributed by atoms with Crippen molar-refractivity contribution in [3.05, 3.63) is 34.6 Å². The Hall–Kier alpha value is -0.680. The molecule has 1 aromatic carbocycles. The standard InChI is InChI=1S/C13H18ClFN2O/c1-9-7-16-5-6-17(9)12(8-18)13-10(14)3-2-4-11(13)15/h2-4,9,12,16,18H,5-8H2,1H3. The van der Waals surface area contributed by atoms with Crippen molar-refractivity contribution in [2.45, 2.75) is 19.0 Å². The Morgan fingerprint density at radius 2 is 2.39 bits per heavy atom. The highest BCUT2D eigenvalue weighted by atomic mass is 35.5. The third-order valence-electron chi connectivity index (χ3n) is 3.46. The van der Waals surface area contributed by atoms with Gasteiger partial charge in [-0.1, -0.05) is 17.7 Å². The number of benzene rings is 1. The van der Waals surface area contributed by atoms with Crippen LogP contribution in [0.15, 0.2) is 18.2 Å². The molecule has 0 bridgehead atoms. The van der Waals surface area contributed by atoms with Gasteiger partial charge in [0.15, 0.2) is 0 Å². The van der Waals surface area contributed by atoms with E-state index < -0.39 is 0 Å². The average molecular weight is 273 g/mol. The van der Waals surface area contributed by atoms with Crippen molar-refractivity contribution in [1.82, 2.24) is 10.2 Å². The SMILES string of the molecule is CC1CNCCN1C(CO)c1c(F)cccc1Cl. The molecule has 5 heteroatoms. The molecular formula is C13H18ClFN2O. The van der Waals surface area contributed by atoms with E-state index in [1.807, 2.05) is 0 Å². The molecule has 0 aromatic heterocycles. The predicted octanol–water partition coefficient (Wildman–Crippen LogP) is 1.81. The zero-order valence-corrected chi connectivity index (χ0v) is 11.1. The molecule has 1 aliphatic heterocycles. The summed E-state index contributed by atoms with van der Waals surface area (Å²) in [5, 5.41) is 13.3. The van der Waals surface area contributed by atoms with Crippen molar-refractivity contribution in [2.24, 2.45) is 0 Å². The molecular weight excluding hydrogens is 255 g/mol. The van der Waals surface area contributed by atoms with Gasteiger partial charge in [0.1, 0.15) is 5.82 Å². The maximum absolute atomic E-state index is 13.9. The molecule has 100 valence electrons. The Morgan fingerprint density at radius 1 is 1.61 bits per heavy atom. The third-order valence-corrected chi connectivity index (χ3v) is 3.79. The number of aliphatic hydroxyl groups excluding tert-OH is 1. The number of aliphatic hydroxyl groups is 1. The van der Waals surface area contributed by atoms with Crippen LogP contribution in [0, 0.1) is 5.82 Å². The van der Waals surface area contributed by atoms with E-state index in [1.165, 1.54) is 6.07 Å². The van der Waals surface area contributed by atoms with E-state index >= 15 is 0 Å². The first-order valence-corrected chi connectivity index (χ1v) is 6.54. The van der Waals surface area contributed by atoms with Crippen LogP contribution in [-0.4, -0.2) is 42.3 Å². The Kier molecular flexibility index (Phi) is 4.56. The summed E-state index contributed by atoms with van der Waals surface area (Å²) in [5.41, 5.74) is 0.399. The molecule has 2 atom stereocenters. The number of nitrogens with one attached hydrogen (secondary N) is 1.